The van der Waals surface area contributed by atoms with Gasteiger partial charge in [0.2, 0.25) is 0 Å². The van der Waals surface area contributed by atoms with Crippen LogP contribution in [-0.2, 0) is 0 Å². The molecule has 1 aliphatic heterocycles. The van der Waals surface area contributed by atoms with Crippen molar-refractivity contribution in [2.24, 2.45) is 10.1 Å². The summed E-state index contributed by atoms with van der Waals surface area (Å²) in [6, 6.07) is 5.93. The Morgan fingerprint density at radius 3 is 2.52 bits per heavy atom. The van der Waals surface area contributed by atoms with E-state index in [0.29, 0.717) is 39.9 Å². The first kappa shape index (κ1) is 18.8. The van der Waals surface area contributed by atoms with Crippen LogP contribution in [0.15, 0.2) is 33.1 Å². The highest BCUT2D eigenvalue weighted by Crippen LogP contribution is 2.33. The van der Waals surface area contributed by atoms with Gasteiger partial charge in [0.15, 0.2) is 5.82 Å². The van der Waals surface area contributed by atoms with Gasteiger partial charge in [-0.3, -0.25) is 4.79 Å². The normalized spacial score (nSPS) is 14.3. The van der Waals surface area contributed by atoms with E-state index < -0.39 is 0 Å². The Balaban J connectivity index is 2.11. The second-order valence-corrected chi connectivity index (χ2v) is 6.44. The van der Waals surface area contributed by atoms with Crippen molar-refractivity contribution in [3.63, 3.8) is 0 Å². The number of aryl methyl sites for hydroxylation is 1. The fraction of sp³-hybridized carbons (Fsp3) is 0.400. The van der Waals surface area contributed by atoms with Crippen molar-refractivity contribution in [2.75, 3.05) is 25.1 Å². The maximum Gasteiger partial charge on any atom is 0.277 e. The van der Waals surface area contributed by atoms with Crippen molar-refractivity contribution >= 4 is 22.8 Å². The lowest BCUT2D eigenvalue weighted by molar-refractivity contribution is 0.416. The van der Waals surface area contributed by atoms with Crippen molar-refractivity contribution in [3.8, 4) is 5.75 Å². The topological polar surface area (TPSA) is 72.1 Å². The highest BCUT2D eigenvalue weighted by Gasteiger charge is 2.25. The van der Waals surface area contributed by atoms with Gasteiger partial charge in [0.25, 0.3) is 5.56 Å². The highest BCUT2D eigenvalue weighted by molar-refractivity contribution is 6.48. The summed E-state index contributed by atoms with van der Waals surface area (Å²) < 4.78 is 6.89. The van der Waals surface area contributed by atoms with E-state index in [2.05, 4.69) is 28.8 Å². The number of hydrogen-bond acceptors (Lipinski definition) is 6. The molecule has 142 valence electrons. The number of ether oxygens (including phenoxy) is 1. The van der Waals surface area contributed by atoms with Gasteiger partial charge in [-0.1, -0.05) is 0 Å². The first-order valence-corrected chi connectivity index (χ1v) is 9.09. The van der Waals surface area contributed by atoms with E-state index in [4.69, 9.17) is 9.73 Å². The smallest absolute Gasteiger partial charge is 0.277 e. The molecule has 0 atom stereocenters. The zero-order chi connectivity index (χ0) is 19.7. The number of fused-ring (bicyclic) bond motifs is 1. The summed E-state index contributed by atoms with van der Waals surface area (Å²) in [6.07, 6.45) is 0. The number of benzene rings is 1. The Bertz CT molecular complexity index is 1000. The predicted molar refractivity (Wildman–Crippen MR) is 109 cm³/mol. The molecule has 0 aliphatic carbocycles. The molecule has 3 rings (SSSR count). The Hall–Kier alpha value is -2.96. The average Bonchev–Trinajstić information content (AvgIpc) is 2.97. The molecule has 1 aromatic carbocycles. The molecule has 2 heterocycles. The lowest BCUT2D eigenvalue weighted by Crippen LogP contribution is -2.24. The molecule has 2 aromatic rings. The molecule has 1 aliphatic rings. The molecule has 7 heteroatoms. The average molecular weight is 367 g/mol. The summed E-state index contributed by atoms with van der Waals surface area (Å²) in [7, 11) is 1.63. The van der Waals surface area contributed by atoms with Gasteiger partial charge in [-0.05, 0) is 46.8 Å². The summed E-state index contributed by atoms with van der Waals surface area (Å²) in [5.41, 5.74) is 4.12. The maximum atomic E-state index is 12.5. The Labute approximate surface area is 159 Å². The fourth-order valence-corrected chi connectivity index (χ4v) is 3.10. The molecule has 0 radical (unpaired) electrons. The van der Waals surface area contributed by atoms with Crippen LogP contribution in [0.25, 0.3) is 0 Å². The van der Waals surface area contributed by atoms with Crippen LogP contribution in [-0.4, -0.2) is 41.3 Å². The van der Waals surface area contributed by atoms with Gasteiger partial charge in [-0.2, -0.15) is 9.78 Å². The number of aromatic nitrogens is 2. The minimum absolute atomic E-state index is 0.161. The standard InChI is InChI=1S/C20H25N5O2/c1-7-24(8-2)15-9-10-16(17(11-15)27-6)22-18-14(5)23-25-19(18)21-13(4)12(3)20(25)26/h9-11H,7-8H2,1-6H3. The molecule has 0 saturated heterocycles. The van der Waals surface area contributed by atoms with Crippen LogP contribution in [0.4, 0.5) is 11.4 Å². The molecular formula is C20H25N5O2. The van der Waals surface area contributed by atoms with Crippen LogP contribution in [0, 0.1) is 13.8 Å². The zero-order valence-corrected chi connectivity index (χ0v) is 16.7. The van der Waals surface area contributed by atoms with Crippen LogP contribution in [0.5, 0.6) is 5.75 Å². The van der Waals surface area contributed by atoms with Gasteiger partial charge < -0.3 is 9.64 Å². The van der Waals surface area contributed by atoms with Crippen molar-refractivity contribution in [1.82, 2.24) is 9.66 Å². The monoisotopic (exact) mass is 367 g/mol. The lowest BCUT2D eigenvalue weighted by atomic mass is 10.2. The molecule has 0 bridgehead atoms. The van der Waals surface area contributed by atoms with Crippen LogP contribution in [0.1, 0.15) is 37.9 Å². The van der Waals surface area contributed by atoms with Gasteiger partial charge in [0.1, 0.15) is 17.1 Å². The molecular weight excluding hydrogens is 342 g/mol. The van der Waals surface area contributed by atoms with E-state index in [1.54, 1.807) is 14.0 Å². The molecule has 0 fully saturated rings. The largest absolute Gasteiger partial charge is 0.494 e. The fourth-order valence-electron chi connectivity index (χ4n) is 3.10. The molecule has 27 heavy (non-hydrogen) atoms. The highest BCUT2D eigenvalue weighted by atomic mass is 16.5. The van der Waals surface area contributed by atoms with E-state index in [-0.39, 0.29) is 5.56 Å². The third-order valence-corrected chi connectivity index (χ3v) is 4.86. The minimum Gasteiger partial charge on any atom is -0.494 e. The SMILES string of the molecule is CCN(CC)c1ccc(N=C2C(C)=Nn3c2nc(C)c(C)c3=O)c(OC)c1. The number of hydrogen-bond donors (Lipinski definition) is 0. The van der Waals surface area contributed by atoms with Gasteiger partial charge in [-0.15, -0.1) is 0 Å². The van der Waals surface area contributed by atoms with Gasteiger partial charge in [0.05, 0.1) is 12.8 Å². The third kappa shape index (κ3) is 3.25. The summed E-state index contributed by atoms with van der Waals surface area (Å²) in [5, 5.41) is 4.34. The molecule has 0 amide bonds. The summed E-state index contributed by atoms with van der Waals surface area (Å²) >= 11 is 0. The second-order valence-electron chi connectivity index (χ2n) is 6.44. The number of nitrogens with zero attached hydrogens (tertiary/aromatic N) is 5. The number of aliphatic imine (C=N–C) groups is 1. The van der Waals surface area contributed by atoms with E-state index in [1.165, 1.54) is 4.68 Å². The van der Waals surface area contributed by atoms with Crippen molar-refractivity contribution in [3.05, 3.63) is 45.6 Å². The Morgan fingerprint density at radius 1 is 1.19 bits per heavy atom. The molecule has 0 unspecified atom stereocenters. The first-order chi connectivity index (χ1) is 12.9. The maximum absolute atomic E-state index is 12.5. The summed E-state index contributed by atoms with van der Waals surface area (Å²) in [4.78, 5) is 24.0. The summed E-state index contributed by atoms with van der Waals surface area (Å²) in [6.45, 7) is 11.5. The predicted octanol–water partition coefficient (Wildman–Crippen LogP) is 3.07. The Kier molecular flexibility index (Phi) is 5.12. The van der Waals surface area contributed by atoms with Crippen LogP contribution < -0.4 is 15.2 Å². The Morgan fingerprint density at radius 2 is 1.89 bits per heavy atom. The van der Waals surface area contributed by atoms with Gasteiger partial charge >= 0.3 is 0 Å². The van der Waals surface area contributed by atoms with Gasteiger partial charge in [0, 0.05) is 36.1 Å². The summed E-state index contributed by atoms with van der Waals surface area (Å²) in [5.74, 6) is 1.14. The molecule has 0 N–H and O–H groups in total. The third-order valence-electron chi connectivity index (χ3n) is 4.86. The number of methoxy groups -OCH3 is 1. The number of rotatable bonds is 5. The van der Waals surface area contributed by atoms with Crippen LogP contribution in [0.2, 0.25) is 0 Å². The van der Waals surface area contributed by atoms with E-state index in [9.17, 15) is 4.79 Å². The zero-order valence-electron chi connectivity index (χ0n) is 16.7. The first-order valence-electron chi connectivity index (χ1n) is 9.09. The van der Waals surface area contributed by atoms with Crippen molar-refractivity contribution in [1.29, 1.82) is 0 Å². The molecule has 7 nitrogen and oxygen atoms in total. The van der Waals surface area contributed by atoms with Crippen LogP contribution in [0.3, 0.4) is 0 Å². The van der Waals surface area contributed by atoms with Gasteiger partial charge in [-0.25, -0.2) is 9.98 Å². The number of anilines is 1. The molecule has 0 spiro atoms. The minimum atomic E-state index is -0.161. The van der Waals surface area contributed by atoms with E-state index >= 15 is 0 Å². The quantitative estimate of drug-likeness (QED) is 0.814. The van der Waals surface area contributed by atoms with Crippen molar-refractivity contribution < 1.29 is 4.74 Å². The molecule has 0 saturated carbocycles. The van der Waals surface area contributed by atoms with Crippen molar-refractivity contribution in [2.45, 2.75) is 34.6 Å². The molecule has 1 aromatic heterocycles. The van der Waals surface area contributed by atoms with E-state index in [1.807, 2.05) is 32.0 Å². The lowest BCUT2D eigenvalue weighted by Gasteiger charge is -2.22. The van der Waals surface area contributed by atoms with Crippen LogP contribution >= 0.6 is 0 Å². The second kappa shape index (κ2) is 7.34. The van der Waals surface area contributed by atoms with E-state index in [0.717, 1.165) is 18.8 Å².